The van der Waals surface area contributed by atoms with Crippen molar-refractivity contribution in [2.45, 2.75) is 73.1 Å². The molecular weight excluding hydrogens is 719 g/mol. The minimum absolute atomic E-state index is 0.000779. The molecule has 0 unspecified atom stereocenters. The molecule has 5 rings (SSSR count). The number of anilines is 1. The van der Waals surface area contributed by atoms with Crippen molar-refractivity contribution in [2.24, 2.45) is 0 Å². The lowest BCUT2D eigenvalue weighted by Gasteiger charge is -2.24. The predicted octanol–water partition coefficient (Wildman–Crippen LogP) is 10.3. The molecule has 0 aliphatic carbocycles. The van der Waals surface area contributed by atoms with Gasteiger partial charge in [0.15, 0.2) is 17.3 Å². The standard InChI is InChI=1S/C24H31NO4.C24H22O4/c1-4-7-8-12-17-29-24(28)19-15-16-20(25(5-2)6-3)23(27)21(19)22(26)18-13-10-9-11-14-18;1-3-17-18(4-2)23(26)21(22(25)16-13-9-6-10-14-16)19(20(17)24(27)28)15-11-7-5-8-12-15/h9-11,13-16,27H,4-8,12,17H2,1-3H3;5-14,26H,3-4H2,1-2H3,(H,27,28). The highest BCUT2D eigenvalue weighted by molar-refractivity contribution is 6.18. The Morgan fingerprint density at radius 2 is 1.11 bits per heavy atom. The fraction of sp³-hybridized carbons (Fsp3) is 0.292. The Morgan fingerprint density at radius 1 is 0.579 bits per heavy atom. The number of carbonyl (C=O) groups excluding carboxylic acids is 3. The normalized spacial score (nSPS) is 10.6. The van der Waals surface area contributed by atoms with E-state index in [9.17, 15) is 34.5 Å². The van der Waals surface area contributed by atoms with Gasteiger partial charge in [-0.3, -0.25) is 9.59 Å². The number of aromatic hydroxyl groups is 2. The number of carboxylic acid groups (broad SMARTS) is 1. The zero-order valence-corrected chi connectivity index (χ0v) is 33.5. The van der Waals surface area contributed by atoms with Crippen LogP contribution >= 0.6 is 0 Å². The zero-order chi connectivity index (χ0) is 41.5. The summed E-state index contributed by atoms with van der Waals surface area (Å²) in [5.74, 6) is -2.78. The van der Waals surface area contributed by atoms with Gasteiger partial charge in [0.1, 0.15) is 5.75 Å². The number of benzene rings is 5. The van der Waals surface area contributed by atoms with Crippen LogP contribution in [0.4, 0.5) is 5.69 Å². The van der Waals surface area contributed by atoms with E-state index in [1.165, 1.54) is 0 Å². The molecule has 0 bridgehead atoms. The maximum Gasteiger partial charge on any atom is 0.339 e. The first kappa shape index (κ1) is 43.5. The first-order valence-corrected chi connectivity index (χ1v) is 19.7. The van der Waals surface area contributed by atoms with Crippen LogP contribution in [-0.4, -0.2) is 58.5 Å². The molecule has 0 aliphatic rings. The molecule has 298 valence electrons. The quantitative estimate of drug-likeness (QED) is 0.0478. The van der Waals surface area contributed by atoms with Crippen molar-refractivity contribution in [1.29, 1.82) is 0 Å². The molecular formula is C48H53NO8. The highest BCUT2D eigenvalue weighted by Crippen LogP contribution is 2.41. The highest BCUT2D eigenvalue weighted by Gasteiger charge is 2.31. The van der Waals surface area contributed by atoms with E-state index >= 15 is 0 Å². The van der Waals surface area contributed by atoms with E-state index in [0.29, 0.717) is 66.0 Å². The summed E-state index contributed by atoms with van der Waals surface area (Å²) in [6.45, 7) is 11.4. The van der Waals surface area contributed by atoms with Gasteiger partial charge in [0.25, 0.3) is 0 Å². The SMILES string of the molecule is CCCCCCOC(=O)c1ccc(N(CC)CC)c(O)c1C(=O)c1ccccc1.CCc1c(O)c(C(=O)c2ccccc2)c(-c2ccccc2)c(C(=O)O)c1CC. The number of nitrogens with zero attached hydrogens (tertiary/aromatic N) is 1. The Morgan fingerprint density at radius 3 is 1.60 bits per heavy atom. The molecule has 5 aromatic carbocycles. The molecule has 0 atom stereocenters. The molecule has 57 heavy (non-hydrogen) atoms. The summed E-state index contributed by atoms with van der Waals surface area (Å²) >= 11 is 0. The molecule has 0 saturated carbocycles. The number of phenols is 2. The Hall–Kier alpha value is -6.22. The molecule has 0 spiro atoms. The maximum atomic E-state index is 13.4. The van der Waals surface area contributed by atoms with Gasteiger partial charge in [0.2, 0.25) is 0 Å². The largest absolute Gasteiger partial charge is 0.507 e. The van der Waals surface area contributed by atoms with Crippen molar-refractivity contribution in [1.82, 2.24) is 0 Å². The van der Waals surface area contributed by atoms with E-state index in [-0.39, 0.29) is 39.3 Å². The number of esters is 1. The lowest BCUT2D eigenvalue weighted by atomic mass is 9.82. The molecule has 0 radical (unpaired) electrons. The van der Waals surface area contributed by atoms with Crippen molar-refractivity contribution in [3.63, 3.8) is 0 Å². The second-order valence-electron chi connectivity index (χ2n) is 13.4. The van der Waals surface area contributed by atoms with E-state index in [0.717, 1.165) is 25.7 Å². The summed E-state index contributed by atoms with van der Waals surface area (Å²) in [4.78, 5) is 53.4. The van der Waals surface area contributed by atoms with E-state index in [1.807, 2.05) is 44.7 Å². The molecule has 9 nitrogen and oxygen atoms in total. The Labute approximate surface area is 335 Å². The summed E-state index contributed by atoms with van der Waals surface area (Å²) in [6.07, 6.45) is 4.84. The van der Waals surface area contributed by atoms with Gasteiger partial charge in [-0.05, 0) is 61.9 Å². The first-order valence-electron chi connectivity index (χ1n) is 19.7. The topological polar surface area (TPSA) is 141 Å². The van der Waals surface area contributed by atoms with Crippen molar-refractivity contribution in [2.75, 3.05) is 24.6 Å². The van der Waals surface area contributed by atoms with Gasteiger partial charge in [0, 0.05) is 29.8 Å². The van der Waals surface area contributed by atoms with Gasteiger partial charge in [-0.2, -0.15) is 0 Å². The molecule has 0 aliphatic heterocycles. The number of ether oxygens (including phenoxy) is 1. The predicted molar refractivity (Wildman–Crippen MR) is 225 cm³/mol. The zero-order valence-electron chi connectivity index (χ0n) is 33.5. The minimum Gasteiger partial charge on any atom is -0.507 e. The van der Waals surface area contributed by atoms with Gasteiger partial charge in [0.05, 0.1) is 34.5 Å². The van der Waals surface area contributed by atoms with Crippen molar-refractivity contribution in [3.05, 3.63) is 148 Å². The van der Waals surface area contributed by atoms with Crippen LogP contribution < -0.4 is 4.90 Å². The summed E-state index contributed by atoms with van der Waals surface area (Å²) in [6, 6.07) is 29.4. The summed E-state index contributed by atoms with van der Waals surface area (Å²) < 4.78 is 5.39. The molecule has 3 N–H and O–H groups in total. The first-order chi connectivity index (χ1) is 27.6. The summed E-state index contributed by atoms with van der Waals surface area (Å²) in [5.41, 5.74) is 3.52. The number of hydrogen-bond acceptors (Lipinski definition) is 8. The van der Waals surface area contributed by atoms with Gasteiger partial charge < -0.3 is 25.0 Å². The third-order valence-electron chi connectivity index (χ3n) is 9.91. The molecule has 0 amide bonds. The number of aromatic carboxylic acids is 1. The fourth-order valence-electron chi connectivity index (χ4n) is 7.00. The van der Waals surface area contributed by atoms with Crippen LogP contribution in [0.3, 0.4) is 0 Å². The number of carbonyl (C=O) groups is 4. The molecule has 0 heterocycles. The Bertz CT molecular complexity index is 2140. The number of ketones is 2. The van der Waals surface area contributed by atoms with Crippen LogP contribution in [0.5, 0.6) is 11.5 Å². The van der Waals surface area contributed by atoms with Crippen molar-refractivity contribution < 1.29 is 39.2 Å². The van der Waals surface area contributed by atoms with Crippen LogP contribution in [0.2, 0.25) is 0 Å². The molecule has 0 saturated heterocycles. The second kappa shape index (κ2) is 21.2. The third-order valence-corrected chi connectivity index (χ3v) is 9.91. The van der Waals surface area contributed by atoms with E-state index in [1.54, 1.807) is 91.0 Å². The van der Waals surface area contributed by atoms with E-state index in [4.69, 9.17) is 4.74 Å². The van der Waals surface area contributed by atoms with Gasteiger partial charge in [-0.1, -0.05) is 131 Å². The van der Waals surface area contributed by atoms with Gasteiger partial charge in [-0.25, -0.2) is 9.59 Å². The monoisotopic (exact) mass is 771 g/mol. The van der Waals surface area contributed by atoms with Gasteiger partial charge >= 0.3 is 11.9 Å². The van der Waals surface area contributed by atoms with Crippen LogP contribution in [-0.2, 0) is 17.6 Å². The molecule has 9 heteroatoms. The number of carboxylic acids is 1. The Balaban J connectivity index is 0.000000253. The van der Waals surface area contributed by atoms with E-state index < -0.39 is 23.5 Å². The molecule has 0 fully saturated rings. The minimum atomic E-state index is -1.10. The van der Waals surface area contributed by atoms with Crippen LogP contribution in [0, 0.1) is 0 Å². The number of phenolic OH excluding ortho intramolecular Hbond substituents is 2. The summed E-state index contributed by atoms with van der Waals surface area (Å²) in [7, 11) is 0. The van der Waals surface area contributed by atoms with Gasteiger partial charge in [-0.15, -0.1) is 0 Å². The molecule has 5 aromatic rings. The lowest BCUT2D eigenvalue weighted by molar-refractivity contribution is 0.0494. The van der Waals surface area contributed by atoms with Crippen LogP contribution in [0.15, 0.2) is 103 Å². The average molecular weight is 772 g/mol. The summed E-state index contributed by atoms with van der Waals surface area (Å²) in [5, 5.41) is 32.1. The van der Waals surface area contributed by atoms with Crippen LogP contribution in [0.25, 0.3) is 11.1 Å². The molecule has 0 aromatic heterocycles. The van der Waals surface area contributed by atoms with Crippen molar-refractivity contribution in [3.8, 4) is 22.6 Å². The fourth-order valence-corrected chi connectivity index (χ4v) is 7.00. The third kappa shape index (κ3) is 10.2. The second-order valence-corrected chi connectivity index (χ2v) is 13.4. The number of hydrogen-bond donors (Lipinski definition) is 3. The smallest absolute Gasteiger partial charge is 0.339 e. The number of unbranched alkanes of at least 4 members (excludes halogenated alkanes) is 3. The Kier molecular flexibility index (Phi) is 16.2. The maximum absolute atomic E-state index is 13.4. The van der Waals surface area contributed by atoms with E-state index in [2.05, 4.69) is 6.92 Å². The lowest BCUT2D eigenvalue weighted by Crippen LogP contribution is -2.23. The number of rotatable bonds is 17. The average Bonchev–Trinajstić information content (AvgIpc) is 3.24. The van der Waals surface area contributed by atoms with Crippen LogP contribution in [0.1, 0.15) is 124 Å². The highest BCUT2D eigenvalue weighted by atomic mass is 16.5. The van der Waals surface area contributed by atoms with Crippen molar-refractivity contribution >= 4 is 29.2 Å².